The molecule has 0 aromatic heterocycles. The van der Waals surface area contributed by atoms with E-state index in [1.54, 1.807) is 18.2 Å². The molecule has 0 N–H and O–H groups in total. The molecule has 0 radical (unpaired) electrons. The van der Waals surface area contributed by atoms with Crippen molar-refractivity contribution in [3.05, 3.63) is 28.8 Å². The Labute approximate surface area is 136 Å². The number of carbonyl (C=O) groups excluding carboxylic acids is 1. The van der Waals surface area contributed by atoms with Crippen molar-refractivity contribution in [3.63, 3.8) is 0 Å². The Hall–Kier alpha value is -1.04. The highest BCUT2D eigenvalue weighted by molar-refractivity contribution is 6.65. The molecule has 1 aromatic rings. The lowest BCUT2D eigenvalue weighted by Crippen LogP contribution is -2.43. The molecule has 2 aliphatic rings. The molecule has 2 heterocycles. The smallest absolute Gasteiger partial charge is 0.399 e. The normalized spacial score (nSPS) is 22.6. The molecule has 3 rings (SSSR count). The summed E-state index contributed by atoms with van der Waals surface area (Å²) < 4.78 is 12.1. The van der Waals surface area contributed by atoms with E-state index in [4.69, 9.17) is 20.9 Å². The van der Waals surface area contributed by atoms with E-state index in [0.29, 0.717) is 16.0 Å². The Morgan fingerprint density at radius 3 is 2.27 bits per heavy atom. The highest BCUT2D eigenvalue weighted by atomic mass is 35.5. The summed E-state index contributed by atoms with van der Waals surface area (Å²) in [5, 5.41) is 0.554. The summed E-state index contributed by atoms with van der Waals surface area (Å²) >= 11 is 6.31. The van der Waals surface area contributed by atoms with E-state index in [2.05, 4.69) is 0 Å². The number of likely N-dealkylation sites (tertiary alicyclic amines) is 1. The van der Waals surface area contributed by atoms with E-state index in [9.17, 15) is 4.79 Å². The largest absolute Gasteiger partial charge is 0.496 e. The van der Waals surface area contributed by atoms with Crippen LogP contribution in [0.2, 0.25) is 5.02 Å². The molecule has 2 aliphatic heterocycles. The van der Waals surface area contributed by atoms with Crippen LogP contribution in [0.4, 0.5) is 0 Å². The van der Waals surface area contributed by atoms with E-state index in [1.165, 1.54) is 0 Å². The van der Waals surface area contributed by atoms with E-state index in [-0.39, 0.29) is 5.91 Å². The number of rotatable bonds is 2. The molecule has 0 saturated carbocycles. The van der Waals surface area contributed by atoms with Gasteiger partial charge in [0.2, 0.25) is 0 Å². The van der Waals surface area contributed by atoms with Gasteiger partial charge in [0.1, 0.15) is 0 Å². The fourth-order valence-electron chi connectivity index (χ4n) is 2.53. The monoisotopic (exact) mass is 321 g/mol. The zero-order valence-electron chi connectivity index (χ0n) is 13.5. The maximum Gasteiger partial charge on any atom is 0.496 e. The zero-order chi connectivity index (χ0) is 16.1. The van der Waals surface area contributed by atoms with Crippen LogP contribution in [0.1, 0.15) is 44.5 Å². The van der Waals surface area contributed by atoms with Crippen LogP contribution < -0.4 is 5.46 Å². The fourth-order valence-corrected chi connectivity index (χ4v) is 2.74. The molecular weight excluding hydrogens is 300 g/mol. The standard InChI is InChI=1S/C16H21BClNO3/c1-15(2)16(3,4)22-17(21-15)12-10-11(6-7-13(12)18)14(20)19-8-5-9-19/h6-7,10H,5,8-9H2,1-4H3. The third-order valence-corrected chi connectivity index (χ3v) is 5.24. The second-order valence-electron chi connectivity index (χ2n) is 6.97. The van der Waals surface area contributed by atoms with Crippen molar-refractivity contribution in [1.82, 2.24) is 4.90 Å². The molecule has 0 atom stereocenters. The minimum Gasteiger partial charge on any atom is -0.399 e. The first-order chi connectivity index (χ1) is 10.2. The molecule has 6 heteroatoms. The highest BCUT2D eigenvalue weighted by Crippen LogP contribution is 2.37. The van der Waals surface area contributed by atoms with Crippen LogP contribution in [-0.4, -0.2) is 42.2 Å². The first-order valence-electron chi connectivity index (χ1n) is 7.66. The molecule has 22 heavy (non-hydrogen) atoms. The number of amides is 1. The van der Waals surface area contributed by atoms with Crippen LogP contribution in [0.5, 0.6) is 0 Å². The van der Waals surface area contributed by atoms with Gasteiger partial charge in [0.15, 0.2) is 0 Å². The maximum absolute atomic E-state index is 12.4. The van der Waals surface area contributed by atoms with Gasteiger partial charge in [-0.3, -0.25) is 4.79 Å². The van der Waals surface area contributed by atoms with Gasteiger partial charge >= 0.3 is 7.12 Å². The van der Waals surface area contributed by atoms with Gasteiger partial charge in [0.05, 0.1) is 11.2 Å². The Balaban J connectivity index is 1.89. The number of halogens is 1. The molecule has 2 saturated heterocycles. The minimum absolute atomic E-state index is 0.0423. The molecule has 4 nitrogen and oxygen atoms in total. The Morgan fingerprint density at radius 2 is 1.77 bits per heavy atom. The lowest BCUT2D eigenvalue weighted by atomic mass is 9.78. The van der Waals surface area contributed by atoms with Crippen molar-refractivity contribution < 1.29 is 14.1 Å². The van der Waals surface area contributed by atoms with Crippen LogP contribution >= 0.6 is 11.6 Å². The summed E-state index contributed by atoms with van der Waals surface area (Å²) in [6, 6.07) is 5.30. The summed E-state index contributed by atoms with van der Waals surface area (Å²) in [6.07, 6.45) is 1.07. The third kappa shape index (κ3) is 2.55. The number of hydrogen-bond acceptors (Lipinski definition) is 3. The molecule has 0 unspecified atom stereocenters. The lowest BCUT2D eigenvalue weighted by Gasteiger charge is -2.32. The Bertz CT molecular complexity index is 597. The highest BCUT2D eigenvalue weighted by Gasteiger charge is 2.52. The van der Waals surface area contributed by atoms with Crippen LogP contribution in [0, 0.1) is 0 Å². The predicted octanol–water partition coefficient (Wildman–Crippen LogP) is 2.49. The van der Waals surface area contributed by atoms with Crippen molar-refractivity contribution in [2.45, 2.75) is 45.3 Å². The molecule has 1 amide bonds. The predicted molar refractivity (Wildman–Crippen MR) is 87.7 cm³/mol. The molecule has 1 aromatic carbocycles. The van der Waals surface area contributed by atoms with Crippen molar-refractivity contribution in [2.75, 3.05) is 13.1 Å². The summed E-state index contributed by atoms with van der Waals surface area (Å²) in [7, 11) is -0.554. The van der Waals surface area contributed by atoms with Crippen LogP contribution in [-0.2, 0) is 9.31 Å². The topological polar surface area (TPSA) is 38.8 Å². The van der Waals surface area contributed by atoms with Crippen molar-refractivity contribution in [1.29, 1.82) is 0 Å². The van der Waals surface area contributed by atoms with Crippen molar-refractivity contribution in [2.24, 2.45) is 0 Å². The first kappa shape index (κ1) is 15.8. The summed E-state index contributed by atoms with van der Waals surface area (Å²) in [5.41, 5.74) is 0.484. The Morgan fingerprint density at radius 1 is 1.18 bits per heavy atom. The first-order valence-corrected chi connectivity index (χ1v) is 8.03. The van der Waals surface area contributed by atoms with Gasteiger partial charge in [-0.05, 0) is 52.3 Å². The summed E-state index contributed by atoms with van der Waals surface area (Å²) in [6.45, 7) is 9.64. The third-order valence-electron chi connectivity index (χ3n) is 4.89. The molecule has 0 spiro atoms. The van der Waals surface area contributed by atoms with E-state index < -0.39 is 18.3 Å². The minimum atomic E-state index is -0.554. The fraction of sp³-hybridized carbons (Fsp3) is 0.562. The van der Waals surface area contributed by atoms with Gasteiger partial charge in [-0.2, -0.15) is 0 Å². The van der Waals surface area contributed by atoms with Crippen LogP contribution in [0.3, 0.4) is 0 Å². The molecule has 118 valence electrons. The van der Waals surface area contributed by atoms with Crippen molar-refractivity contribution in [3.8, 4) is 0 Å². The summed E-state index contributed by atoms with van der Waals surface area (Å²) in [5.74, 6) is 0.0423. The van der Waals surface area contributed by atoms with E-state index in [1.807, 2.05) is 32.6 Å². The van der Waals surface area contributed by atoms with Gasteiger partial charge < -0.3 is 14.2 Å². The quantitative estimate of drug-likeness (QED) is 0.786. The van der Waals surface area contributed by atoms with Gasteiger partial charge in [-0.25, -0.2) is 0 Å². The van der Waals surface area contributed by atoms with Crippen LogP contribution in [0.15, 0.2) is 18.2 Å². The molecular formula is C16H21BClNO3. The zero-order valence-corrected chi connectivity index (χ0v) is 14.2. The Kier molecular flexibility index (Phi) is 3.79. The molecule has 0 aliphatic carbocycles. The second kappa shape index (κ2) is 5.26. The number of carbonyl (C=O) groups is 1. The van der Waals surface area contributed by atoms with Gasteiger partial charge in [-0.15, -0.1) is 0 Å². The van der Waals surface area contributed by atoms with Gasteiger partial charge in [-0.1, -0.05) is 11.6 Å². The SMILES string of the molecule is CC1(C)OB(c2cc(C(=O)N3CCC3)ccc2Cl)OC1(C)C. The average Bonchev–Trinajstić information content (AvgIpc) is 2.56. The maximum atomic E-state index is 12.4. The van der Waals surface area contributed by atoms with Crippen molar-refractivity contribution >= 4 is 30.1 Å². The molecule has 0 bridgehead atoms. The van der Waals surface area contributed by atoms with E-state index >= 15 is 0 Å². The van der Waals surface area contributed by atoms with Gasteiger partial charge in [0, 0.05) is 29.1 Å². The lowest BCUT2D eigenvalue weighted by molar-refractivity contribution is 0.00578. The average molecular weight is 322 g/mol. The second-order valence-corrected chi connectivity index (χ2v) is 7.38. The molecule has 2 fully saturated rings. The number of hydrogen-bond donors (Lipinski definition) is 0. The summed E-state index contributed by atoms with van der Waals surface area (Å²) in [4.78, 5) is 14.2. The van der Waals surface area contributed by atoms with Gasteiger partial charge in [0.25, 0.3) is 5.91 Å². The van der Waals surface area contributed by atoms with E-state index in [0.717, 1.165) is 19.5 Å². The number of nitrogens with zero attached hydrogens (tertiary/aromatic N) is 1. The number of benzene rings is 1. The van der Waals surface area contributed by atoms with Crippen LogP contribution in [0.25, 0.3) is 0 Å².